The normalized spacial score (nSPS) is 16.0. The number of halogens is 2. The molecule has 0 aromatic heterocycles. The molecule has 188 valence electrons. The van der Waals surface area contributed by atoms with Crippen molar-refractivity contribution in [3.63, 3.8) is 0 Å². The molecular weight excluding hydrogens is 594 g/mol. The first kappa shape index (κ1) is 25.2. The van der Waals surface area contributed by atoms with Gasteiger partial charge in [-0.25, -0.2) is 4.79 Å². The van der Waals surface area contributed by atoms with E-state index in [-0.39, 0.29) is 23.5 Å². The average molecular weight is 620 g/mol. The van der Waals surface area contributed by atoms with E-state index in [0.717, 1.165) is 11.1 Å². The highest BCUT2D eigenvalue weighted by Gasteiger charge is 2.30. The zero-order chi connectivity index (χ0) is 25.4. The summed E-state index contributed by atoms with van der Waals surface area (Å²) in [6, 6.07) is 19.2. The van der Waals surface area contributed by atoms with Crippen LogP contribution in [0, 0.1) is 10.5 Å². The van der Waals surface area contributed by atoms with Gasteiger partial charge in [-0.1, -0.05) is 48.5 Å². The summed E-state index contributed by atoms with van der Waals surface area (Å²) in [6.07, 6.45) is -0.326. The maximum atomic E-state index is 13.6. The van der Waals surface area contributed by atoms with E-state index in [9.17, 15) is 17.1 Å². The monoisotopic (exact) mass is 620 g/mol. The third kappa shape index (κ3) is 5.01. The Bertz CT molecular complexity index is 1380. The zero-order valence-corrected chi connectivity index (χ0v) is 22.8. The largest absolute Gasteiger partial charge is 0.448 e. The lowest BCUT2D eigenvalue weighted by molar-refractivity contribution is 0.0728. The van der Waals surface area contributed by atoms with Crippen LogP contribution in [0.2, 0.25) is 0 Å². The van der Waals surface area contributed by atoms with Crippen LogP contribution in [0.4, 0.5) is 8.68 Å². The Morgan fingerprint density at radius 3 is 2.17 bits per heavy atom. The van der Waals surface area contributed by atoms with E-state index < -0.39 is 10.2 Å². The zero-order valence-electron chi connectivity index (χ0n) is 19.8. The Morgan fingerprint density at radius 1 is 1.00 bits per heavy atom. The molecule has 1 saturated heterocycles. The van der Waals surface area contributed by atoms with Crippen LogP contribution in [0.15, 0.2) is 65.6 Å². The Hall–Kier alpha value is -2.50. The molecule has 0 atom stereocenters. The fourth-order valence-electron chi connectivity index (χ4n) is 5.03. The first-order valence-corrected chi connectivity index (χ1v) is 14.2. The van der Waals surface area contributed by atoms with Gasteiger partial charge in [0, 0.05) is 42.2 Å². The molecule has 0 N–H and O–H groups in total. The van der Waals surface area contributed by atoms with E-state index >= 15 is 0 Å². The summed E-state index contributed by atoms with van der Waals surface area (Å²) in [4.78, 5) is 16.4. The van der Waals surface area contributed by atoms with Crippen molar-refractivity contribution < 1.29 is 21.8 Å². The Kier molecular flexibility index (Phi) is 7.06. The average Bonchev–Trinajstić information content (AvgIpc) is 3.19. The predicted molar refractivity (Wildman–Crippen MR) is 144 cm³/mol. The van der Waals surface area contributed by atoms with Gasteiger partial charge in [-0.3, -0.25) is 4.90 Å². The quantitative estimate of drug-likeness (QED) is 0.285. The lowest BCUT2D eigenvalue weighted by Gasteiger charge is -2.34. The number of carbonyl (C=O) groups excluding carboxylic acids is 1. The van der Waals surface area contributed by atoms with Gasteiger partial charge in [0.25, 0.3) is 0 Å². The van der Waals surface area contributed by atoms with E-state index in [1.807, 2.05) is 53.8 Å². The summed E-state index contributed by atoms with van der Waals surface area (Å²) < 4.78 is 42.9. The minimum Gasteiger partial charge on any atom is -0.448 e. The highest BCUT2D eigenvalue weighted by Crippen LogP contribution is 2.44. The maximum Gasteiger partial charge on any atom is 0.409 e. The molecule has 1 fully saturated rings. The lowest BCUT2D eigenvalue weighted by Crippen LogP contribution is -2.48. The molecule has 3 aromatic rings. The van der Waals surface area contributed by atoms with Gasteiger partial charge in [0.15, 0.2) is 0 Å². The van der Waals surface area contributed by atoms with Crippen molar-refractivity contribution in [2.45, 2.75) is 24.3 Å². The van der Waals surface area contributed by atoms with Gasteiger partial charge in [-0.2, -0.15) is 8.42 Å². The summed E-state index contributed by atoms with van der Waals surface area (Å²) in [5.41, 5.74) is 6.45. The number of hydrogen-bond donors (Lipinski definition) is 0. The Labute approximate surface area is 224 Å². The molecule has 9 heteroatoms. The second kappa shape index (κ2) is 10.1. The molecule has 0 unspecified atom stereocenters. The standard InChI is InChI=1S/C27H26FIN2O4S/c1-18-19(14-20(15-26(18)29)36(28,33)34)16-30-10-12-31(13-11-30)27(32)35-17-25-23-8-4-2-6-21(23)22-7-3-5-9-24(22)25/h2-9,14-15,25H,10-13,16-17H2,1H3. The molecular formula is C27H26FIN2O4S. The van der Waals surface area contributed by atoms with E-state index in [4.69, 9.17) is 4.74 Å². The highest BCUT2D eigenvalue weighted by molar-refractivity contribution is 14.1. The van der Waals surface area contributed by atoms with Crippen molar-refractivity contribution >= 4 is 38.9 Å². The van der Waals surface area contributed by atoms with E-state index in [1.54, 1.807) is 4.90 Å². The van der Waals surface area contributed by atoms with Crippen LogP contribution < -0.4 is 0 Å². The number of carbonyl (C=O) groups is 1. The Morgan fingerprint density at radius 2 is 1.58 bits per heavy atom. The summed E-state index contributed by atoms with van der Waals surface area (Å²) in [7, 11) is -4.77. The van der Waals surface area contributed by atoms with Gasteiger partial charge >= 0.3 is 16.3 Å². The summed E-state index contributed by atoms with van der Waals surface area (Å²) in [6.45, 7) is 4.93. The highest BCUT2D eigenvalue weighted by atomic mass is 127. The van der Waals surface area contributed by atoms with Crippen molar-refractivity contribution in [2.24, 2.45) is 0 Å². The Balaban J connectivity index is 1.19. The maximum absolute atomic E-state index is 13.6. The van der Waals surface area contributed by atoms with Crippen LogP contribution >= 0.6 is 22.6 Å². The fourth-order valence-corrected chi connectivity index (χ4v) is 6.46. The second-order valence-electron chi connectivity index (χ2n) is 9.19. The van der Waals surface area contributed by atoms with Crippen molar-refractivity contribution in [1.29, 1.82) is 0 Å². The van der Waals surface area contributed by atoms with Gasteiger partial charge in [-0.05, 0) is 75.0 Å². The topological polar surface area (TPSA) is 66.9 Å². The van der Waals surface area contributed by atoms with Gasteiger partial charge < -0.3 is 9.64 Å². The summed E-state index contributed by atoms with van der Waals surface area (Å²) >= 11 is 2.03. The molecule has 36 heavy (non-hydrogen) atoms. The number of fused-ring (bicyclic) bond motifs is 3. The van der Waals surface area contributed by atoms with Crippen molar-refractivity contribution in [3.05, 3.63) is 86.5 Å². The van der Waals surface area contributed by atoms with Crippen LogP contribution in [0.5, 0.6) is 0 Å². The molecule has 5 rings (SSSR count). The molecule has 1 aliphatic heterocycles. The minimum absolute atomic E-state index is 0.0205. The van der Waals surface area contributed by atoms with E-state index in [2.05, 4.69) is 29.2 Å². The lowest BCUT2D eigenvalue weighted by atomic mass is 9.98. The molecule has 0 bridgehead atoms. The predicted octanol–water partition coefficient (Wildman–Crippen LogP) is 5.32. The van der Waals surface area contributed by atoms with Gasteiger partial charge in [0.05, 0.1) is 4.90 Å². The smallest absolute Gasteiger partial charge is 0.409 e. The fraction of sp³-hybridized carbons (Fsp3) is 0.296. The first-order chi connectivity index (χ1) is 17.2. The first-order valence-electron chi connectivity index (χ1n) is 11.8. The SMILES string of the molecule is Cc1c(I)cc(S(=O)(=O)F)cc1CN1CCN(C(=O)OCC2c3ccccc3-c3ccccc32)CC1. The third-order valence-electron chi connectivity index (χ3n) is 7.07. The van der Waals surface area contributed by atoms with Gasteiger partial charge in [-0.15, -0.1) is 3.89 Å². The van der Waals surface area contributed by atoms with Crippen molar-refractivity contribution in [3.8, 4) is 11.1 Å². The van der Waals surface area contributed by atoms with E-state index in [1.165, 1.54) is 34.4 Å². The molecule has 1 heterocycles. The minimum atomic E-state index is -4.77. The summed E-state index contributed by atoms with van der Waals surface area (Å²) in [5, 5.41) is 0. The molecule has 1 amide bonds. The van der Waals surface area contributed by atoms with Crippen LogP contribution in [-0.4, -0.2) is 57.1 Å². The molecule has 6 nitrogen and oxygen atoms in total. The number of benzene rings is 3. The molecule has 0 saturated carbocycles. The molecule has 0 radical (unpaired) electrons. The second-order valence-corrected chi connectivity index (χ2v) is 11.7. The molecule has 0 spiro atoms. The number of amides is 1. The van der Waals surface area contributed by atoms with Crippen molar-refractivity contribution in [1.82, 2.24) is 9.80 Å². The number of ether oxygens (including phenoxy) is 1. The van der Waals surface area contributed by atoms with Crippen LogP contribution in [-0.2, 0) is 21.5 Å². The van der Waals surface area contributed by atoms with Crippen LogP contribution in [0.1, 0.15) is 28.2 Å². The van der Waals surface area contributed by atoms with Crippen LogP contribution in [0.3, 0.4) is 0 Å². The molecule has 1 aliphatic carbocycles. The van der Waals surface area contributed by atoms with Gasteiger partial charge in [0.1, 0.15) is 6.61 Å². The number of piperazine rings is 1. The van der Waals surface area contributed by atoms with Crippen molar-refractivity contribution in [2.75, 3.05) is 32.8 Å². The molecule has 3 aromatic carbocycles. The molecule has 2 aliphatic rings. The number of hydrogen-bond acceptors (Lipinski definition) is 5. The number of nitrogens with zero attached hydrogens (tertiary/aromatic N) is 2. The summed E-state index contributed by atoms with van der Waals surface area (Å²) in [5.74, 6) is 0.0205. The van der Waals surface area contributed by atoms with E-state index in [0.29, 0.717) is 36.3 Å². The number of rotatable bonds is 5. The third-order valence-corrected chi connectivity index (χ3v) is 8.99. The van der Waals surface area contributed by atoms with Gasteiger partial charge in [0.2, 0.25) is 0 Å². The van der Waals surface area contributed by atoms with Crippen LogP contribution in [0.25, 0.3) is 11.1 Å².